The average Bonchev–Trinajstić information content (AvgIpc) is 2.48. The number of ether oxygens (including phenoxy) is 1. The molecule has 0 unspecified atom stereocenters. The quantitative estimate of drug-likeness (QED) is 0.783. The monoisotopic (exact) mass is 290 g/mol. The van der Waals surface area contributed by atoms with Crippen LogP contribution in [0.25, 0.3) is 0 Å². The van der Waals surface area contributed by atoms with Gasteiger partial charge in [0.05, 0.1) is 6.10 Å². The molecule has 1 aliphatic rings. The summed E-state index contributed by atoms with van der Waals surface area (Å²) in [6, 6.07) is 7.49. The van der Waals surface area contributed by atoms with Crippen LogP contribution in [0.15, 0.2) is 24.3 Å². The Balaban J connectivity index is 1.74. The summed E-state index contributed by atoms with van der Waals surface area (Å²) in [5.74, 6) is 1.04. The van der Waals surface area contributed by atoms with Crippen molar-refractivity contribution in [2.24, 2.45) is 0 Å². The third-order valence-corrected chi connectivity index (χ3v) is 3.64. The Morgan fingerprint density at radius 3 is 2.52 bits per heavy atom. The molecule has 0 aromatic heterocycles. The normalized spacial score (nSPS) is 16.1. The lowest BCUT2D eigenvalue weighted by Gasteiger charge is -2.26. The zero-order chi connectivity index (χ0) is 15.1. The highest BCUT2D eigenvalue weighted by atomic mass is 16.5. The van der Waals surface area contributed by atoms with Crippen molar-refractivity contribution in [1.29, 1.82) is 0 Å². The van der Waals surface area contributed by atoms with Crippen molar-refractivity contribution in [3.05, 3.63) is 29.8 Å². The van der Waals surface area contributed by atoms with E-state index in [-0.39, 0.29) is 11.9 Å². The van der Waals surface area contributed by atoms with Gasteiger partial charge < -0.3 is 15.0 Å². The summed E-state index contributed by atoms with van der Waals surface area (Å²) < 4.78 is 5.59. The van der Waals surface area contributed by atoms with E-state index < -0.39 is 0 Å². The molecule has 2 rings (SSSR count). The number of hydrogen-bond acceptors (Lipinski definition) is 4. The van der Waals surface area contributed by atoms with Crippen LogP contribution in [0.2, 0.25) is 0 Å². The van der Waals surface area contributed by atoms with E-state index >= 15 is 0 Å². The molecule has 1 aliphatic heterocycles. The third kappa shape index (κ3) is 5.48. The minimum atomic E-state index is 0.158. The lowest BCUT2D eigenvalue weighted by Crippen LogP contribution is -2.43. The van der Waals surface area contributed by atoms with Crippen molar-refractivity contribution >= 4 is 5.78 Å². The van der Waals surface area contributed by atoms with Gasteiger partial charge in [0.2, 0.25) is 0 Å². The Bertz CT molecular complexity index is 437. The summed E-state index contributed by atoms with van der Waals surface area (Å²) in [6.45, 7) is 9.31. The summed E-state index contributed by atoms with van der Waals surface area (Å²) >= 11 is 0. The average molecular weight is 290 g/mol. The number of nitrogens with one attached hydrogen (secondary N) is 1. The molecule has 1 heterocycles. The number of carbonyl (C=O) groups is 1. The number of Topliss-reactive ketones (excluding diaryl/α,β-unsaturated/α-hetero) is 1. The second-order valence-corrected chi connectivity index (χ2v) is 5.81. The van der Waals surface area contributed by atoms with E-state index in [4.69, 9.17) is 4.74 Å². The van der Waals surface area contributed by atoms with Crippen LogP contribution in [0.4, 0.5) is 0 Å². The molecule has 0 radical (unpaired) electrons. The number of nitrogens with zero attached hydrogens (tertiary/aromatic N) is 1. The molecular formula is C17H26N2O2. The molecule has 1 fully saturated rings. The third-order valence-electron chi connectivity index (χ3n) is 3.64. The highest BCUT2D eigenvalue weighted by Gasteiger charge is 2.11. The van der Waals surface area contributed by atoms with E-state index in [9.17, 15) is 4.79 Å². The largest absolute Gasteiger partial charge is 0.491 e. The number of benzene rings is 1. The van der Waals surface area contributed by atoms with Crippen LogP contribution in [-0.2, 0) is 0 Å². The Kier molecular flexibility index (Phi) is 6.21. The number of ketones is 1. The van der Waals surface area contributed by atoms with Gasteiger partial charge in [-0.2, -0.15) is 0 Å². The number of hydrogen-bond donors (Lipinski definition) is 1. The minimum Gasteiger partial charge on any atom is -0.491 e. The molecule has 0 saturated carbocycles. The molecule has 116 valence electrons. The SMILES string of the molecule is CC(C)Oc1ccc(C(=O)CCCN2CCNCC2)cc1. The standard InChI is InChI=1S/C17H26N2O2/c1-14(2)21-16-7-5-15(6-8-16)17(20)4-3-11-19-12-9-18-10-13-19/h5-8,14,18H,3-4,9-13H2,1-2H3. The highest BCUT2D eigenvalue weighted by molar-refractivity contribution is 5.96. The van der Waals surface area contributed by atoms with Gasteiger partial charge in [0.25, 0.3) is 0 Å². The van der Waals surface area contributed by atoms with Gasteiger partial charge in [-0.15, -0.1) is 0 Å². The molecule has 0 bridgehead atoms. The van der Waals surface area contributed by atoms with Gasteiger partial charge in [-0.25, -0.2) is 0 Å². The predicted molar refractivity (Wildman–Crippen MR) is 85.1 cm³/mol. The Morgan fingerprint density at radius 1 is 1.24 bits per heavy atom. The van der Waals surface area contributed by atoms with Crippen molar-refractivity contribution in [3.63, 3.8) is 0 Å². The van der Waals surface area contributed by atoms with Gasteiger partial charge in [-0.3, -0.25) is 4.79 Å². The second kappa shape index (κ2) is 8.15. The van der Waals surface area contributed by atoms with E-state index in [1.54, 1.807) is 0 Å². The summed E-state index contributed by atoms with van der Waals surface area (Å²) in [6.07, 6.45) is 1.71. The molecule has 4 heteroatoms. The first-order chi connectivity index (χ1) is 10.1. The van der Waals surface area contributed by atoms with Crippen molar-refractivity contribution in [1.82, 2.24) is 10.2 Å². The number of rotatable bonds is 7. The van der Waals surface area contributed by atoms with Gasteiger partial charge in [-0.05, 0) is 51.1 Å². The molecule has 1 aromatic rings. The number of piperazine rings is 1. The molecule has 0 amide bonds. The van der Waals surface area contributed by atoms with Crippen LogP contribution in [0, 0.1) is 0 Å². The molecule has 0 spiro atoms. The Morgan fingerprint density at radius 2 is 1.90 bits per heavy atom. The van der Waals surface area contributed by atoms with Crippen molar-refractivity contribution in [2.45, 2.75) is 32.8 Å². The van der Waals surface area contributed by atoms with Crippen LogP contribution in [-0.4, -0.2) is 49.5 Å². The van der Waals surface area contributed by atoms with Gasteiger partial charge in [-0.1, -0.05) is 0 Å². The van der Waals surface area contributed by atoms with Gasteiger partial charge in [0.15, 0.2) is 5.78 Å². The summed E-state index contributed by atoms with van der Waals surface area (Å²) in [7, 11) is 0. The molecule has 0 aliphatic carbocycles. The van der Waals surface area contributed by atoms with Crippen LogP contribution in [0.3, 0.4) is 0 Å². The van der Waals surface area contributed by atoms with E-state index in [0.717, 1.165) is 50.5 Å². The van der Waals surface area contributed by atoms with E-state index in [2.05, 4.69) is 10.2 Å². The summed E-state index contributed by atoms with van der Waals surface area (Å²) in [5, 5.41) is 3.34. The maximum Gasteiger partial charge on any atom is 0.162 e. The number of carbonyl (C=O) groups excluding carboxylic acids is 1. The van der Waals surface area contributed by atoms with Gasteiger partial charge >= 0.3 is 0 Å². The smallest absolute Gasteiger partial charge is 0.162 e. The molecule has 21 heavy (non-hydrogen) atoms. The topological polar surface area (TPSA) is 41.6 Å². The first-order valence-electron chi connectivity index (χ1n) is 7.88. The zero-order valence-corrected chi connectivity index (χ0v) is 13.1. The Labute approximate surface area is 127 Å². The van der Waals surface area contributed by atoms with Crippen LogP contribution in [0.1, 0.15) is 37.0 Å². The lowest BCUT2D eigenvalue weighted by atomic mass is 10.1. The van der Waals surface area contributed by atoms with Gasteiger partial charge in [0, 0.05) is 38.2 Å². The first kappa shape index (κ1) is 16.0. The van der Waals surface area contributed by atoms with Crippen LogP contribution < -0.4 is 10.1 Å². The van der Waals surface area contributed by atoms with Crippen LogP contribution in [0.5, 0.6) is 5.75 Å². The fourth-order valence-electron chi connectivity index (χ4n) is 2.53. The van der Waals surface area contributed by atoms with E-state index in [0.29, 0.717) is 6.42 Å². The Hall–Kier alpha value is -1.39. The molecule has 4 nitrogen and oxygen atoms in total. The highest BCUT2D eigenvalue weighted by Crippen LogP contribution is 2.15. The fraction of sp³-hybridized carbons (Fsp3) is 0.588. The predicted octanol–water partition coefficient (Wildman–Crippen LogP) is 2.34. The molecule has 1 N–H and O–H groups in total. The zero-order valence-electron chi connectivity index (χ0n) is 13.1. The second-order valence-electron chi connectivity index (χ2n) is 5.81. The minimum absolute atomic E-state index is 0.158. The maximum absolute atomic E-state index is 12.1. The fourth-order valence-corrected chi connectivity index (χ4v) is 2.53. The molecule has 1 saturated heterocycles. The summed E-state index contributed by atoms with van der Waals surface area (Å²) in [4.78, 5) is 14.6. The maximum atomic E-state index is 12.1. The van der Waals surface area contributed by atoms with Crippen molar-refractivity contribution in [3.8, 4) is 5.75 Å². The van der Waals surface area contributed by atoms with E-state index in [1.165, 1.54) is 0 Å². The lowest BCUT2D eigenvalue weighted by molar-refractivity contribution is 0.0973. The van der Waals surface area contributed by atoms with Crippen molar-refractivity contribution < 1.29 is 9.53 Å². The molecular weight excluding hydrogens is 264 g/mol. The van der Waals surface area contributed by atoms with Gasteiger partial charge in [0.1, 0.15) is 5.75 Å². The summed E-state index contributed by atoms with van der Waals surface area (Å²) in [5.41, 5.74) is 0.784. The molecule has 1 aromatic carbocycles. The first-order valence-corrected chi connectivity index (χ1v) is 7.88. The molecule has 0 atom stereocenters. The van der Waals surface area contributed by atoms with Crippen LogP contribution >= 0.6 is 0 Å². The van der Waals surface area contributed by atoms with E-state index in [1.807, 2.05) is 38.1 Å². The van der Waals surface area contributed by atoms with Crippen molar-refractivity contribution in [2.75, 3.05) is 32.7 Å².